The van der Waals surface area contributed by atoms with E-state index in [9.17, 15) is 0 Å². The van der Waals surface area contributed by atoms with Crippen molar-refractivity contribution < 1.29 is 65.8 Å². The number of terminal acetylenes is 4. The molecule has 0 aromatic rings. The van der Waals surface area contributed by atoms with Crippen molar-refractivity contribution in [1.82, 2.24) is 0 Å². The summed E-state index contributed by atoms with van der Waals surface area (Å²) in [5, 5.41) is 29.9. The number of rotatable bonds is 0. The van der Waals surface area contributed by atoms with Crippen LogP contribution < -0.4 is 0 Å². The van der Waals surface area contributed by atoms with Crippen LogP contribution in [0.5, 0.6) is 0 Å². The van der Waals surface area contributed by atoms with Crippen molar-refractivity contribution >= 4 is 23.9 Å². The van der Waals surface area contributed by atoms with Crippen molar-refractivity contribution in [2.45, 2.75) is 0 Å². The van der Waals surface area contributed by atoms with Crippen LogP contribution in [-0.4, -0.2) is 44.3 Å². The van der Waals surface area contributed by atoms with E-state index in [1.807, 2.05) is 0 Å². The summed E-state index contributed by atoms with van der Waals surface area (Å²) >= 11 is 0. The minimum atomic E-state index is -1.22. The first-order valence-electron chi connectivity index (χ1n) is 3.87. The van der Waals surface area contributed by atoms with Crippen LogP contribution in [0.15, 0.2) is 0 Å². The molecule has 0 saturated carbocycles. The Morgan fingerprint density at radius 3 is 0.571 bits per heavy atom. The van der Waals surface area contributed by atoms with Crippen molar-refractivity contribution in [3.63, 3.8) is 0 Å². The molecule has 0 aromatic heterocycles. The molecule has 0 bridgehead atoms. The summed E-state index contributed by atoms with van der Waals surface area (Å²) in [5.41, 5.74) is 0. The SMILES string of the molecule is C#CC(=O)O.C#CC(=O)O.C#CC(=O)O.C#CC(=O)O.[Zr]. The summed E-state index contributed by atoms with van der Waals surface area (Å²) in [5.74, 6) is 0.907. The van der Waals surface area contributed by atoms with Crippen LogP contribution in [-0.2, 0) is 45.4 Å². The monoisotopic (exact) mass is 370 g/mol. The van der Waals surface area contributed by atoms with Gasteiger partial charge in [0.15, 0.2) is 0 Å². The van der Waals surface area contributed by atoms with Gasteiger partial charge in [-0.15, -0.1) is 25.7 Å². The summed E-state index contributed by atoms with van der Waals surface area (Å²) in [7, 11) is 0. The third-order valence-corrected chi connectivity index (χ3v) is 0.494. The largest absolute Gasteiger partial charge is 0.472 e. The van der Waals surface area contributed by atoms with Gasteiger partial charge in [-0.05, 0) is 0 Å². The molecule has 0 rings (SSSR count). The molecule has 0 aliphatic rings. The molecule has 0 aliphatic heterocycles. The third-order valence-electron chi connectivity index (χ3n) is 0.494. The van der Waals surface area contributed by atoms with E-state index >= 15 is 0 Å². The van der Waals surface area contributed by atoms with E-state index in [0.717, 1.165) is 0 Å². The molecule has 8 nitrogen and oxygen atoms in total. The first-order valence-corrected chi connectivity index (χ1v) is 3.87. The third kappa shape index (κ3) is 153. The summed E-state index contributed by atoms with van der Waals surface area (Å²) in [4.78, 5) is 36.5. The van der Waals surface area contributed by atoms with Crippen LogP contribution in [0.2, 0.25) is 0 Å². The minimum absolute atomic E-state index is 0. The number of aliphatic carboxylic acids is 4. The standard InChI is InChI=1S/4C3H2O2.Zr/c4*1-2-3(4)5;/h4*1H,(H,4,5);. The molecule has 4 N–H and O–H groups in total. The number of carbonyl (C=O) groups is 4. The van der Waals surface area contributed by atoms with Gasteiger partial charge in [0.25, 0.3) is 0 Å². The van der Waals surface area contributed by atoms with Crippen molar-refractivity contribution in [1.29, 1.82) is 0 Å². The van der Waals surface area contributed by atoms with Gasteiger partial charge in [-0.25, -0.2) is 19.2 Å². The number of carboxylic acid groups (broad SMARTS) is 4. The molecule has 0 amide bonds. The van der Waals surface area contributed by atoms with Crippen LogP contribution in [0.1, 0.15) is 0 Å². The Labute approximate surface area is 139 Å². The fourth-order valence-corrected chi connectivity index (χ4v) is 0. The van der Waals surface area contributed by atoms with E-state index in [2.05, 4.69) is 25.7 Å². The maximum absolute atomic E-state index is 9.13. The second kappa shape index (κ2) is 25.8. The van der Waals surface area contributed by atoms with Gasteiger partial charge in [-0.3, -0.25) is 0 Å². The van der Waals surface area contributed by atoms with Gasteiger partial charge < -0.3 is 20.4 Å². The fourth-order valence-electron chi connectivity index (χ4n) is 0. The first-order chi connectivity index (χ1) is 9.08. The van der Waals surface area contributed by atoms with Gasteiger partial charge in [0, 0.05) is 49.9 Å². The van der Waals surface area contributed by atoms with E-state index in [1.54, 1.807) is 0 Å². The molecule has 9 heteroatoms. The van der Waals surface area contributed by atoms with Gasteiger partial charge in [-0.2, -0.15) is 0 Å². The predicted octanol–water partition coefficient (Wildman–Crippen LogP) is -1.19. The molecule has 0 aliphatic carbocycles. The van der Waals surface area contributed by atoms with E-state index in [0.29, 0.717) is 0 Å². The molecular formula is C12H8O8Zr. The van der Waals surface area contributed by atoms with E-state index in [4.69, 9.17) is 39.6 Å². The number of hydrogen-bond acceptors (Lipinski definition) is 4. The van der Waals surface area contributed by atoms with Crippen molar-refractivity contribution in [2.24, 2.45) is 0 Å². The van der Waals surface area contributed by atoms with Crippen molar-refractivity contribution in [3.8, 4) is 49.4 Å². The van der Waals surface area contributed by atoms with Gasteiger partial charge in [0.05, 0.1) is 0 Å². The molecule has 0 aromatic carbocycles. The van der Waals surface area contributed by atoms with Gasteiger partial charge >= 0.3 is 23.9 Å². The summed E-state index contributed by atoms with van der Waals surface area (Å²) in [6.45, 7) is 0. The van der Waals surface area contributed by atoms with Crippen molar-refractivity contribution in [2.75, 3.05) is 0 Å². The Balaban J connectivity index is -0.0000000533. The van der Waals surface area contributed by atoms with Gasteiger partial charge in [0.1, 0.15) is 0 Å². The fraction of sp³-hybridized carbons (Fsp3) is 0. The molecule has 0 spiro atoms. The average molecular weight is 371 g/mol. The average Bonchev–Trinajstić information content (AvgIpc) is 2.40. The molecule has 108 valence electrons. The topological polar surface area (TPSA) is 149 Å². The predicted molar refractivity (Wildman–Crippen MR) is 65.9 cm³/mol. The Morgan fingerprint density at radius 2 is 0.571 bits per heavy atom. The molecule has 0 saturated heterocycles. The van der Waals surface area contributed by atoms with Crippen molar-refractivity contribution in [3.05, 3.63) is 0 Å². The second-order valence-corrected chi connectivity index (χ2v) is 1.80. The van der Waals surface area contributed by atoms with Gasteiger partial charge in [0.2, 0.25) is 0 Å². The summed E-state index contributed by atoms with van der Waals surface area (Å²) in [6.07, 6.45) is 17.3. The Kier molecular flexibility index (Phi) is 37.8. The maximum atomic E-state index is 9.13. The number of carboxylic acids is 4. The molecular weight excluding hydrogens is 363 g/mol. The zero-order chi connectivity index (χ0) is 17.1. The molecule has 0 heterocycles. The molecule has 0 radical (unpaired) electrons. The maximum Gasteiger partial charge on any atom is 0.381 e. The molecule has 0 atom stereocenters. The Morgan fingerprint density at radius 1 is 0.524 bits per heavy atom. The number of hydrogen-bond donors (Lipinski definition) is 4. The molecule has 0 unspecified atom stereocenters. The summed E-state index contributed by atoms with van der Waals surface area (Å²) in [6, 6.07) is 0. The second-order valence-electron chi connectivity index (χ2n) is 1.80. The molecule has 21 heavy (non-hydrogen) atoms. The van der Waals surface area contributed by atoms with E-state index in [1.165, 1.54) is 23.7 Å². The Bertz CT molecular complexity index is 411. The minimum Gasteiger partial charge on any atom is -0.472 e. The van der Waals surface area contributed by atoms with Gasteiger partial charge in [-0.1, -0.05) is 0 Å². The Hall–Kier alpha value is -3.00. The van der Waals surface area contributed by atoms with E-state index < -0.39 is 23.9 Å². The van der Waals surface area contributed by atoms with Crippen LogP contribution in [0.25, 0.3) is 0 Å². The molecule has 0 fully saturated rings. The van der Waals surface area contributed by atoms with Crippen LogP contribution in [0.3, 0.4) is 0 Å². The zero-order valence-electron chi connectivity index (χ0n) is 10.2. The normalized spacial score (nSPS) is 5.14. The smallest absolute Gasteiger partial charge is 0.381 e. The van der Waals surface area contributed by atoms with Crippen LogP contribution >= 0.6 is 0 Å². The zero-order valence-corrected chi connectivity index (χ0v) is 12.7. The van der Waals surface area contributed by atoms with Crippen LogP contribution in [0, 0.1) is 49.4 Å². The summed E-state index contributed by atoms with van der Waals surface area (Å²) < 4.78 is 0. The quantitative estimate of drug-likeness (QED) is 0.389. The van der Waals surface area contributed by atoms with Crippen LogP contribution in [0.4, 0.5) is 0 Å². The first kappa shape index (κ1) is 30.8. The van der Waals surface area contributed by atoms with E-state index in [-0.39, 0.29) is 26.2 Å².